The maximum Gasteiger partial charge on any atom is 0.239 e. The number of hydrogen-bond acceptors (Lipinski definition) is 3. The van der Waals surface area contributed by atoms with E-state index in [1.54, 1.807) is 0 Å². The third kappa shape index (κ3) is 4.55. The van der Waals surface area contributed by atoms with E-state index >= 15 is 0 Å². The molecule has 0 unspecified atom stereocenters. The van der Waals surface area contributed by atoms with Crippen molar-refractivity contribution in [1.29, 1.82) is 0 Å². The Labute approximate surface area is 136 Å². The van der Waals surface area contributed by atoms with E-state index in [-0.39, 0.29) is 18.4 Å². The van der Waals surface area contributed by atoms with E-state index in [9.17, 15) is 9.59 Å². The maximum absolute atomic E-state index is 11.9. The van der Waals surface area contributed by atoms with Crippen molar-refractivity contribution in [3.63, 3.8) is 0 Å². The molecule has 124 valence electrons. The molecular weight excluding hydrogens is 292 g/mol. The highest BCUT2D eigenvalue weighted by Crippen LogP contribution is 2.16. The van der Waals surface area contributed by atoms with Gasteiger partial charge in [0, 0.05) is 25.9 Å². The third-order valence-corrected chi connectivity index (χ3v) is 3.56. The molecule has 1 heterocycles. The number of rotatable bonds is 8. The molecule has 0 aliphatic carbocycles. The van der Waals surface area contributed by atoms with Crippen LogP contribution in [0.3, 0.4) is 0 Å². The van der Waals surface area contributed by atoms with Gasteiger partial charge in [0.15, 0.2) is 0 Å². The third-order valence-electron chi connectivity index (χ3n) is 3.56. The highest BCUT2D eigenvalue weighted by Gasteiger charge is 2.13. The van der Waals surface area contributed by atoms with Crippen LogP contribution in [0.25, 0.3) is 11.0 Å². The van der Waals surface area contributed by atoms with Crippen LogP contribution in [0.15, 0.2) is 24.3 Å². The van der Waals surface area contributed by atoms with Crippen molar-refractivity contribution in [3.05, 3.63) is 30.1 Å². The van der Waals surface area contributed by atoms with Crippen LogP contribution < -0.4 is 10.6 Å². The molecule has 2 rings (SSSR count). The Morgan fingerprint density at radius 2 is 1.91 bits per heavy atom. The molecular formula is C17H24N4O2. The summed E-state index contributed by atoms with van der Waals surface area (Å²) in [4.78, 5) is 28.1. The van der Waals surface area contributed by atoms with E-state index in [1.165, 1.54) is 0 Å². The van der Waals surface area contributed by atoms with Crippen LogP contribution in [0.2, 0.25) is 0 Å². The van der Waals surface area contributed by atoms with E-state index in [4.69, 9.17) is 0 Å². The smallest absolute Gasteiger partial charge is 0.239 e. The standard InChI is InChI=1S/C17H24N4O2/c1-3-7-16(22)19-11-10-15-20-13-8-5-6-9-14(13)21(15)12-17(23)18-4-2/h5-6,8-9H,3-4,7,10-12H2,1-2H3,(H,18,23)(H,19,22). The van der Waals surface area contributed by atoms with E-state index in [0.29, 0.717) is 25.9 Å². The minimum Gasteiger partial charge on any atom is -0.356 e. The molecule has 0 fully saturated rings. The highest BCUT2D eigenvalue weighted by atomic mass is 16.2. The minimum atomic E-state index is -0.0353. The van der Waals surface area contributed by atoms with Gasteiger partial charge in [-0.25, -0.2) is 4.98 Å². The second kappa shape index (κ2) is 8.31. The van der Waals surface area contributed by atoms with Crippen molar-refractivity contribution >= 4 is 22.8 Å². The number of likely N-dealkylation sites (N-methyl/N-ethyl adjacent to an activating group) is 1. The van der Waals surface area contributed by atoms with E-state index in [0.717, 1.165) is 23.3 Å². The van der Waals surface area contributed by atoms with Gasteiger partial charge < -0.3 is 15.2 Å². The molecule has 6 nitrogen and oxygen atoms in total. The first-order valence-corrected chi connectivity index (χ1v) is 8.13. The number of nitrogens with one attached hydrogen (secondary N) is 2. The molecule has 1 aromatic heterocycles. The predicted octanol–water partition coefficient (Wildman–Crippen LogP) is 1.63. The molecule has 0 radical (unpaired) electrons. The van der Waals surface area contributed by atoms with Gasteiger partial charge in [-0.3, -0.25) is 9.59 Å². The van der Waals surface area contributed by atoms with Crippen LogP contribution in [0, 0.1) is 0 Å². The number of carbonyl (C=O) groups is 2. The monoisotopic (exact) mass is 316 g/mol. The summed E-state index contributed by atoms with van der Waals surface area (Å²) in [6.07, 6.45) is 1.97. The fourth-order valence-electron chi connectivity index (χ4n) is 2.52. The zero-order chi connectivity index (χ0) is 16.7. The number of fused-ring (bicyclic) bond motifs is 1. The second-order valence-corrected chi connectivity index (χ2v) is 5.41. The summed E-state index contributed by atoms with van der Waals surface area (Å²) in [7, 11) is 0. The summed E-state index contributed by atoms with van der Waals surface area (Å²) >= 11 is 0. The van der Waals surface area contributed by atoms with Gasteiger partial charge in [-0.15, -0.1) is 0 Å². The number of benzene rings is 1. The Bertz CT molecular complexity index is 678. The average Bonchev–Trinajstić information content (AvgIpc) is 2.86. The van der Waals surface area contributed by atoms with Crippen molar-refractivity contribution in [2.45, 2.75) is 39.7 Å². The zero-order valence-corrected chi connectivity index (χ0v) is 13.8. The number of hydrogen-bond donors (Lipinski definition) is 2. The molecule has 1 aromatic carbocycles. The first kappa shape index (κ1) is 17.0. The van der Waals surface area contributed by atoms with Crippen LogP contribution >= 0.6 is 0 Å². The molecule has 0 spiro atoms. The average molecular weight is 316 g/mol. The fraction of sp³-hybridized carbons (Fsp3) is 0.471. The van der Waals surface area contributed by atoms with Gasteiger partial charge >= 0.3 is 0 Å². The molecule has 0 atom stereocenters. The number of imidazole rings is 1. The lowest BCUT2D eigenvalue weighted by molar-refractivity contribution is -0.122. The van der Waals surface area contributed by atoms with Gasteiger partial charge in [0.25, 0.3) is 0 Å². The molecule has 0 aliphatic heterocycles. The van der Waals surface area contributed by atoms with Crippen molar-refractivity contribution in [2.75, 3.05) is 13.1 Å². The van der Waals surface area contributed by atoms with Gasteiger partial charge in [-0.2, -0.15) is 0 Å². The van der Waals surface area contributed by atoms with Gasteiger partial charge in [0.2, 0.25) is 11.8 Å². The Kier molecular flexibility index (Phi) is 6.14. The predicted molar refractivity (Wildman–Crippen MR) is 90.0 cm³/mol. The maximum atomic E-state index is 11.9. The van der Waals surface area contributed by atoms with Crippen molar-refractivity contribution in [3.8, 4) is 0 Å². The van der Waals surface area contributed by atoms with Crippen LogP contribution in [0.5, 0.6) is 0 Å². The van der Waals surface area contributed by atoms with Gasteiger partial charge in [-0.05, 0) is 25.5 Å². The fourth-order valence-corrected chi connectivity index (χ4v) is 2.52. The topological polar surface area (TPSA) is 76.0 Å². The zero-order valence-electron chi connectivity index (χ0n) is 13.8. The lowest BCUT2D eigenvalue weighted by atomic mass is 10.3. The molecule has 0 saturated carbocycles. The molecule has 23 heavy (non-hydrogen) atoms. The first-order chi connectivity index (χ1) is 11.2. The summed E-state index contributed by atoms with van der Waals surface area (Å²) < 4.78 is 1.92. The van der Waals surface area contributed by atoms with Crippen LogP contribution in [0.4, 0.5) is 0 Å². The summed E-state index contributed by atoms with van der Waals surface area (Å²) in [5, 5.41) is 5.70. The molecule has 0 aliphatic rings. The first-order valence-electron chi connectivity index (χ1n) is 8.13. The summed E-state index contributed by atoms with van der Waals surface area (Å²) in [6, 6.07) is 7.76. The SMILES string of the molecule is CCCC(=O)NCCc1nc2ccccc2n1CC(=O)NCC. The molecule has 2 N–H and O–H groups in total. The van der Waals surface area contributed by atoms with Crippen molar-refractivity contribution < 1.29 is 9.59 Å². The molecule has 6 heteroatoms. The van der Waals surface area contributed by atoms with E-state index in [2.05, 4.69) is 15.6 Å². The molecule has 0 bridgehead atoms. The van der Waals surface area contributed by atoms with E-state index in [1.807, 2.05) is 42.7 Å². The number of carbonyl (C=O) groups excluding carboxylic acids is 2. The largest absolute Gasteiger partial charge is 0.356 e. The van der Waals surface area contributed by atoms with Gasteiger partial charge in [0.1, 0.15) is 12.4 Å². The molecule has 2 aromatic rings. The number of aromatic nitrogens is 2. The quantitative estimate of drug-likeness (QED) is 0.777. The Morgan fingerprint density at radius 3 is 2.65 bits per heavy atom. The number of nitrogens with zero attached hydrogens (tertiary/aromatic N) is 2. The van der Waals surface area contributed by atoms with Crippen molar-refractivity contribution in [1.82, 2.24) is 20.2 Å². The van der Waals surface area contributed by atoms with Crippen LogP contribution in [-0.4, -0.2) is 34.5 Å². The molecule has 2 amide bonds. The number of amides is 2. The number of para-hydroxylation sites is 2. The normalized spacial score (nSPS) is 10.7. The second-order valence-electron chi connectivity index (χ2n) is 5.41. The summed E-state index contributed by atoms with van der Waals surface area (Å²) in [5.41, 5.74) is 1.81. The lowest BCUT2D eigenvalue weighted by Gasteiger charge is -2.09. The lowest BCUT2D eigenvalue weighted by Crippen LogP contribution is -2.29. The Balaban J connectivity index is 2.14. The Morgan fingerprint density at radius 1 is 1.13 bits per heavy atom. The van der Waals surface area contributed by atoms with Gasteiger partial charge in [0.05, 0.1) is 11.0 Å². The summed E-state index contributed by atoms with van der Waals surface area (Å²) in [6.45, 7) is 5.25. The summed E-state index contributed by atoms with van der Waals surface area (Å²) in [5.74, 6) is 0.833. The minimum absolute atomic E-state index is 0.0353. The van der Waals surface area contributed by atoms with Crippen molar-refractivity contribution in [2.24, 2.45) is 0 Å². The van der Waals surface area contributed by atoms with Crippen LogP contribution in [-0.2, 0) is 22.6 Å². The Hall–Kier alpha value is -2.37. The van der Waals surface area contributed by atoms with Gasteiger partial charge in [-0.1, -0.05) is 19.1 Å². The van der Waals surface area contributed by atoms with E-state index < -0.39 is 0 Å². The van der Waals surface area contributed by atoms with Crippen LogP contribution in [0.1, 0.15) is 32.5 Å². The molecule has 0 saturated heterocycles. The highest BCUT2D eigenvalue weighted by molar-refractivity contribution is 5.81.